The van der Waals surface area contributed by atoms with Gasteiger partial charge in [0.05, 0.1) is 15.4 Å². The van der Waals surface area contributed by atoms with Gasteiger partial charge < -0.3 is 9.47 Å². The molecule has 0 saturated carbocycles. The van der Waals surface area contributed by atoms with E-state index in [1.165, 1.54) is 12.1 Å². The van der Waals surface area contributed by atoms with Crippen molar-refractivity contribution < 1.29 is 22.8 Å². The molecule has 0 unspecified atom stereocenters. The summed E-state index contributed by atoms with van der Waals surface area (Å²) in [4.78, 5) is 10.3. The van der Waals surface area contributed by atoms with Gasteiger partial charge in [0.15, 0.2) is 11.5 Å². The Kier molecular flexibility index (Phi) is 4.83. The van der Waals surface area contributed by atoms with Crippen molar-refractivity contribution >= 4 is 15.7 Å². The van der Waals surface area contributed by atoms with Crippen LogP contribution in [0, 0.1) is 17.0 Å². The van der Waals surface area contributed by atoms with Crippen molar-refractivity contribution in [2.24, 2.45) is 0 Å². The fraction of sp³-hybridized carbons (Fsp3) is 0.333. The Labute approximate surface area is 157 Å². The predicted octanol–water partition coefficient (Wildman–Crippen LogP) is 2.89. The monoisotopic (exact) mass is 392 g/mol. The minimum absolute atomic E-state index is 0.123. The van der Waals surface area contributed by atoms with E-state index in [2.05, 4.69) is 4.72 Å². The maximum Gasteiger partial charge on any atom is 0.270 e. The highest BCUT2D eigenvalue weighted by Gasteiger charge is 2.31. The van der Waals surface area contributed by atoms with Crippen molar-refractivity contribution in [2.45, 2.75) is 31.2 Å². The third-order valence-corrected chi connectivity index (χ3v) is 6.12. The van der Waals surface area contributed by atoms with Gasteiger partial charge in [-0.3, -0.25) is 10.1 Å². The second-order valence-corrected chi connectivity index (χ2v) is 8.45. The molecule has 3 rings (SSSR count). The molecule has 0 spiro atoms. The number of hydrogen-bond acceptors (Lipinski definition) is 6. The first kappa shape index (κ1) is 19.1. The summed E-state index contributed by atoms with van der Waals surface area (Å²) in [6.45, 7) is 5.91. The van der Waals surface area contributed by atoms with E-state index in [9.17, 15) is 18.5 Å². The number of benzene rings is 2. The summed E-state index contributed by atoms with van der Waals surface area (Å²) in [6, 6.07) is 8.99. The zero-order valence-electron chi connectivity index (χ0n) is 15.2. The molecule has 0 aliphatic carbocycles. The lowest BCUT2D eigenvalue weighted by atomic mass is 9.95. The Morgan fingerprint density at radius 2 is 1.74 bits per heavy atom. The van der Waals surface area contributed by atoms with Gasteiger partial charge in [0.25, 0.3) is 5.69 Å². The molecule has 27 heavy (non-hydrogen) atoms. The molecular formula is C18H20N2O6S. The number of nitro groups is 1. The lowest BCUT2D eigenvalue weighted by Crippen LogP contribution is -2.41. The summed E-state index contributed by atoms with van der Waals surface area (Å²) in [5, 5.41) is 11.0. The third kappa shape index (κ3) is 3.88. The molecule has 0 fully saturated rings. The largest absolute Gasteiger partial charge is 0.486 e. The van der Waals surface area contributed by atoms with Crippen molar-refractivity contribution in [3.05, 3.63) is 57.6 Å². The first-order chi connectivity index (χ1) is 12.6. The van der Waals surface area contributed by atoms with Gasteiger partial charge in [0, 0.05) is 12.1 Å². The van der Waals surface area contributed by atoms with Crippen LogP contribution in [-0.4, -0.2) is 26.6 Å². The van der Waals surface area contributed by atoms with Crippen LogP contribution >= 0.6 is 0 Å². The predicted molar refractivity (Wildman–Crippen MR) is 98.6 cm³/mol. The standard InChI is InChI=1S/C18H20N2O6S/c1-12-4-6-14(20(21)22)11-17(12)27(23,24)19-18(2,3)13-5-7-15-16(10-13)26-9-8-25-15/h4-7,10-11,19H,8-9H2,1-3H3. The van der Waals surface area contributed by atoms with Gasteiger partial charge in [-0.1, -0.05) is 12.1 Å². The highest BCUT2D eigenvalue weighted by atomic mass is 32.2. The number of aryl methyl sites for hydroxylation is 1. The normalized spacial score (nSPS) is 14.0. The summed E-state index contributed by atoms with van der Waals surface area (Å²) >= 11 is 0. The molecule has 0 atom stereocenters. The van der Waals surface area contributed by atoms with E-state index in [1.807, 2.05) is 0 Å². The van der Waals surface area contributed by atoms with Crippen molar-refractivity contribution in [3.8, 4) is 11.5 Å². The maximum atomic E-state index is 12.9. The fourth-order valence-corrected chi connectivity index (χ4v) is 4.54. The smallest absolute Gasteiger partial charge is 0.270 e. The van der Waals surface area contributed by atoms with Gasteiger partial charge in [0.2, 0.25) is 10.0 Å². The minimum atomic E-state index is -4.00. The van der Waals surface area contributed by atoms with Gasteiger partial charge in [-0.05, 0) is 44.0 Å². The number of rotatable bonds is 5. The molecule has 144 valence electrons. The van der Waals surface area contributed by atoms with Crippen molar-refractivity contribution in [1.82, 2.24) is 4.72 Å². The zero-order valence-corrected chi connectivity index (χ0v) is 16.0. The number of ether oxygens (including phenoxy) is 2. The van der Waals surface area contributed by atoms with E-state index in [4.69, 9.17) is 9.47 Å². The van der Waals surface area contributed by atoms with Crippen molar-refractivity contribution in [1.29, 1.82) is 0 Å². The molecule has 0 amide bonds. The fourth-order valence-electron chi connectivity index (χ4n) is 2.87. The van der Waals surface area contributed by atoms with Gasteiger partial charge >= 0.3 is 0 Å². The van der Waals surface area contributed by atoms with Crippen LogP contribution in [0.4, 0.5) is 5.69 Å². The molecule has 1 heterocycles. The Balaban J connectivity index is 1.95. The Morgan fingerprint density at radius 3 is 2.41 bits per heavy atom. The van der Waals surface area contributed by atoms with Gasteiger partial charge in [-0.25, -0.2) is 13.1 Å². The Hall–Kier alpha value is -2.65. The third-order valence-electron chi connectivity index (χ3n) is 4.33. The maximum absolute atomic E-state index is 12.9. The summed E-state index contributed by atoms with van der Waals surface area (Å²) < 4.78 is 39.5. The van der Waals surface area contributed by atoms with Crippen LogP contribution in [-0.2, 0) is 15.6 Å². The Morgan fingerprint density at radius 1 is 1.07 bits per heavy atom. The molecule has 2 aromatic carbocycles. The van der Waals surface area contributed by atoms with E-state index < -0.39 is 20.5 Å². The van der Waals surface area contributed by atoms with Crippen LogP contribution in [0.3, 0.4) is 0 Å². The second kappa shape index (κ2) is 6.82. The first-order valence-electron chi connectivity index (χ1n) is 8.29. The van der Waals surface area contributed by atoms with E-state index in [1.54, 1.807) is 39.0 Å². The van der Waals surface area contributed by atoms with Crippen LogP contribution in [0.25, 0.3) is 0 Å². The van der Waals surface area contributed by atoms with Crippen molar-refractivity contribution in [2.75, 3.05) is 13.2 Å². The summed E-state index contributed by atoms with van der Waals surface area (Å²) in [5.74, 6) is 1.16. The zero-order chi connectivity index (χ0) is 19.8. The van der Waals surface area contributed by atoms with E-state index in [0.717, 1.165) is 6.07 Å². The quantitative estimate of drug-likeness (QED) is 0.619. The van der Waals surface area contributed by atoms with Crippen LogP contribution in [0.2, 0.25) is 0 Å². The van der Waals surface area contributed by atoms with Gasteiger partial charge in [0.1, 0.15) is 13.2 Å². The molecule has 0 aromatic heterocycles. The molecule has 1 aliphatic rings. The Bertz CT molecular complexity index is 1000. The summed E-state index contributed by atoms with van der Waals surface area (Å²) in [5.41, 5.74) is -0.159. The number of nitrogens with zero attached hydrogens (tertiary/aromatic N) is 1. The van der Waals surface area contributed by atoms with Crippen molar-refractivity contribution in [3.63, 3.8) is 0 Å². The number of hydrogen-bond donors (Lipinski definition) is 1. The molecule has 2 aromatic rings. The number of sulfonamides is 1. The molecule has 0 radical (unpaired) electrons. The highest BCUT2D eigenvalue weighted by Crippen LogP contribution is 2.35. The van der Waals surface area contributed by atoms with Gasteiger partial charge in [-0.15, -0.1) is 0 Å². The van der Waals surface area contributed by atoms with E-state index in [-0.39, 0.29) is 10.6 Å². The highest BCUT2D eigenvalue weighted by molar-refractivity contribution is 7.89. The lowest BCUT2D eigenvalue weighted by molar-refractivity contribution is -0.385. The molecule has 0 bridgehead atoms. The SMILES string of the molecule is Cc1ccc([N+](=O)[O-])cc1S(=O)(=O)NC(C)(C)c1ccc2c(c1)OCCO2. The second-order valence-electron chi connectivity index (χ2n) is 6.80. The van der Waals surface area contributed by atoms with E-state index in [0.29, 0.717) is 35.8 Å². The van der Waals surface area contributed by atoms with Crippen LogP contribution in [0.15, 0.2) is 41.3 Å². The molecule has 1 aliphatic heterocycles. The van der Waals surface area contributed by atoms with Gasteiger partial charge in [-0.2, -0.15) is 0 Å². The number of nitrogens with one attached hydrogen (secondary N) is 1. The first-order valence-corrected chi connectivity index (χ1v) is 9.78. The molecule has 0 saturated heterocycles. The minimum Gasteiger partial charge on any atom is -0.486 e. The molecule has 9 heteroatoms. The number of nitro benzene ring substituents is 1. The number of fused-ring (bicyclic) bond motifs is 1. The molecule has 8 nitrogen and oxygen atoms in total. The van der Waals surface area contributed by atoms with Crippen LogP contribution < -0.4 is 14.2 Å². The average Bonchev–Trinajstić information content (AvgIpc) is 2.60. The molecule has 1 N–H and O–H groups in total. The van der Waals surface area contributed by atoms with E-state index >= 15 is 0 Å². The van der Waals surface area contributed by atoms with Crippen LogP contribution in [0.1, 0.15) is 25.0 Å². The average molecular weight is 392 g/mol. The summed E-state index contributed by atoms with van der Waals surface area (Å²) in [6.07, 6.45) is 0. The molecular weight excluding hydrogens is 372 g/mol. The number of non-ortho nitro benzene ring substituents is 1. The topological polar surface area (TPSA) is 108 Å². The summed E-state index contributed by atoms with van der Waals surface area (Å²) in [7, 11) is -4.00. The lowest BCUT2D eigenvalue weighted by Gasteiger charge is -2.28. The van der Waals surface area contributed by atoms with Crippen LogP contribution in [0.5, 0.6) is 11.5 Å².